The largest absolute Gasteiger partial charge is 0.440 e. The molecule has 0 saturated carbocycles. The summed E-state index contributed by atoms with van der Waals surface area (Å²) in [5.74, 6) is 1.40. The Hall–Kier alpha value is -2.11. The molecule has 122 valence electrons. The van der Waals surface area contributed by atoms with Crippen molar-refractivity contribution in [3.8, 4) is 0 Å². The molecule has 24 heavy (non-hydrogen) atoms. The number of nitrogens with zero attached hydrogens (tertiary/aromatic N) is 1. The Bertz CT molecular complexity index is 977. The van der Waals surface area contributed by atoms with E-state index in [1.165, 1.54) is 29.4 Å². The molecule has 0 atom stereocenters. The molecule has 4 heterocycles. The van der Waals surface area contributed by atoms with Gasteiger partial charge in [0, 0.05) is 17.1 Å². The van der Waals surface area contributed by atoms with Gasteiger partial charge < -0.3 is 14.7 Å². The molecule has 0 unspecified atom stereocenters. The van der Waals surface area contributed by atoms with Crippen LogP contribution in [-0.2, 0) is 6.42 Å². The highest BCUT2D eigenvalue weighted by molar-refractivity contribution is 7.07. The number of thiophene rings is 1. The van der Waals surface area contributed by atoms with E-state index < -0.39 is 0 Å². The maximum atomic E-state index is 6.03. The quantitative estimate of drug-likeness (QED) is 0.581. The molecule has 0 spiro atoms. The van der Waals surface area contributed by atoms with Gasteiger partial charge in [0.25, 0.3) is 0 Å². The predicted octanol–water partition coefficient (Wildman–Crippen LogP) is 4.43. The molecule has 5 heteroatoms. The highest BCUT2D eigenvalue weighted by atomic mass is 32.1. The lowest BCUT2D eigenvalue weighted by Crippen LogP contribution is -2.26. The molecular weight excluding hydrogens is 318 g/mol. The van der Waals surface area contributed by atoms with E-state index >= 15 is 0 Å². The minimum atomic E-state index is 0.600. The van der Waals surface area contributed by atoms with Crippen LogP contribution in [0.5, 0.6) is 0 Å². The third-order valence-electron chi connectivity index (χ3n) is 4.99. The van der Waals surface area contributed by atoms with Gasteiger partial charge in [0.05, 0.1) is 6.42 Å². The number of aromatic nitrogens is 2. The lowest BCUT2D eigenvalue weighted by molar-refractivity contribution is 0.462. The van der Waals surface area contributed by atoms with E-state index in [0.29, 0.717) is 5.92 Å². The van der Waals surface area contributed by atoms with Crippen molar-refractivity contribution >= 4 is 33.3 Å². The second-order valence-corrected chi connectivity index (χ2v) is 7.30. The minimum absolute atomic E-state index is 0.600. The number of piperidine rings is 1. The Morgan fingerprint density at radius 1 is 1.21 bits per heavy atom. The molecule has 0 radical (unpaired) electrons. The van der Waals surface area contributed by atoms with Gasteiger partial charge in [-0.25, -0.2) is 4.98 Å². The summed E-state index contributed by atoms with van der Waals surface area (Å²) in [6.45, 7) is 2.19. The third-order valence-corrected chi connectivity index (χ3v) is 5.72. The topological polar surface area (TPSA) is 53.9 Å². The molecule has 0 aliphatic carbocycles. The summed E-state index contributed by atoms with van der Waals surface area (Å²) >= 11 is 1.71. The molecule has 3 aromatic heterocycles. The van der Waals surface area contributed by atoms with Crippen LogP contribution in [0, 0.1) is 0 Å². The first kappa shape index (κ1) is 14.3. The average molecular weight is 337 g/mol. The molecule has 1 aliphatic rings. The Morgan fingerprint density at radius 2 is 2.12 bits per heavy atom. The Balaban J connectivity index is 1.62. The molecule has 1 saturated heterocycles. The van der Waals surface area contributed by atoms with E-state index in [0.717, 1.165) is 42.0 Å². The number of H-pyrrole nitrogens is 1. The summed E-state index contributed by atoms with van der Waals surface area (Å²) in [4.78, 5) is 8.28. The van der Waals surface area contributed by atoms with Crippen molar-refractivity contribution < 1.29 is 4.42 Å². The standard InChI is InChI=1S/C19H19N3OS/c1-2-16-19(22-17(23-16)9-12-5-8-24-11-12)18-14(10-21-15(1)18)13-3-6-20-7-4-13/h1-2,5,8,10-11,13,20-21H,3-4,6-7,9H2. The molecule has 5 rings (SSSR count). The van der Waals surface area contributed by atoms with Crippen LogP contribution in [-0.4, -0.2) is 23.1 Å². The van der Waals surface area contributed by atoms with Crippen LogP contribution in [0.4, 0.5) is 0 Å². The van der Waals surface area contributed by atoms with E-state index in [9.17, 15) is 0 Å². The minimum Gasteiger partial charge on any atom is -0.440 e. The zero-order chi connectivity index (χ0) is 15.9. The molecule has 2 N–H and O–H groups in total. The summed E-state index contributed by atoms with van der Waals surface area (Å²) in [5, 5.41) is 8.95. The van der Waals surface area contributed by atoms with E-state index in [1.54, 1.807) is 11.3 Å². The van der Waals surface area contributed by atoms with Gasteiger partial charge in [0.1, 0.15) is 5.52 Å². The molecule has 0 bridgehead atoms. The molecule has 1 aromatic carbocycles. The molecule has 1 fully saturated rings. The normalized spacial score (nSPS) is 16.3. The number of rotatable bonds is 3. The number of hydrogen-bond acceptors (Lipinski definition) is 4. The van der Waals surface area contributed by atoms with E-state index in [-0.39, 0.29) is 0 Å². The zero-order valence-corrected chi connectivity index (χ0v) is 14.2. The number of fused-ring (bicyclic) bond motifs is 3. The van der Waals surface area contributed by atoms with Crippen molar-refractivity contribution in [1.29, 1.82) is 0 Å². The van der Waals surface area contributed by atoms with Crippen LogP contribution < -0.4 is 5.32 Å². The maximum absolute atomic E-state index is 6.03. The second kappa shape index (κ2) is 5.76. The highest BCUT2D eigenvalue weighted by Crippen LogP contribution is 2.35. The Kier molecular flexibility index (Phi) is 3.42. The van der Waals surface area contributed by atoms with Gasteiger partial charge in [-0.3, -0.25) is 0 Å². The molecular formula is C19H19N3OS. The number of aromatic amines is 1. The summed E-state index contributed by atoms with van der Waals surface area (Å²) in [6.07, 6.45) is 5.30. The van der Waals surface area contributed by atoms with Crippen LogP contribution in [0.3, 0.4) is 0 Å². The summed E-state index contributed by atoms with van der Waals surface area (Å²) in [5.41, 5.74) is 5.71. The third kappa shape index (κ3) is 2.36. The van der Waals surface area contributed by atoms with Crippen molar-refractivity contribution in [3.05, 3.63) is 52.2 Å². The summed E-state index contributed by atoms with van der Waals surface area (Å²) in [6, 6.07) is 6.28. The Morgan fingerprint density at radius 3 is 2.96 bits per heavy atom. The first-order valence-corrected chi connectivity index (χ1v) is 9.44. The Labute approximate surface area is 143 Å². The van der Waals surface area contributed by atoms with E-state index in [1.807, 2.05) is 6.07 Å². The van der Waals surface area contributed by atoms with Crippen molar-refractivity contribution in [2.45, 2.75) is 25.2 Å². The summed E-state index contributed by atoms with van der Waals surface area (Å²) in [7, 11) is 0. The van der Waals surface area contributed by atoms with Gasteiger partial charge in [0.15, 0.2) is 11.5 Å². The van der Waals surface area contributed by atoms with Crippen LogP contribution in [0.2, 0.25) is 0 Å². The maximum Gasteiger partial charge on any atom is 0.199 e. The number of nitrogens with one attached hydrogen (secondary N) is 2. The van der Waals surface area contributed by atoms with E-state index in [4.69, 9.17) is 9.40 Å². The van der Waals surface area contributed by atoms with Crippen molar-refractivity contribution in [1.82, 2.24) is 15.3 Å². The first-order valence-electron chi connectivity index (χ1n) is 8.49. The van der Waals surface area contributed by atoms with Crippen LogP contribution >= 0.6 is 11.3 Å². The number of benzene rings is 1. The lowest BCUT2D eigenvalue weighted by atomic mass is 9.90. The van der Waals surface area contributed by atoms with Gasteiger partial charge in [0.2, 0.25) is 0 Å². The van der Waals surface area contributed by atoms with Crippen molar-refractivity contribution in [2.24, 2.45) is 0 Å². The van der Waals surface area contributed by atoms with Crippen LogP contribution in [0.15, 0.2) is 39.6 Å². The summed E-state index contributed by atoms with van der Waals surface area (Å²) < 4.78 is 6.03. The molecule has 0 amide bonds. The molecule has 1 aliphatic heterocycles. The van der Waals surface area contributed by atoms with Gasteiger partial charge in [-0.2, -0.15) is 11.3 Å². The average Bonchev–Trinajstić information content (AvgIpc) is 3.34. The van der Waals surface area contributed by atoms with Crippen molar-refractivity contribution in [2.75, 3.05) is 13.1 Å². The highest BCUT2D eigenvalue weighted by Gasteiger charge is 2.21. The van der Waals surface area contributed by atoms with Gasteiger partial charge in [-0.15, -0.1) is 0 Å². The van der Waals surface area contributed by atoms with Crippen LogP contribution in [0.1, 0.15) is 35.8 Å². The molecule has 4 aromatic rings. The first-order chi connectivity index (χ1) is 11.9. The molecule has 4 nitrogen and oxygen atoms in total. The SMILES string of the molecule is c1cc(Cc2nc3c(ccc4[nH]cc(C5CCNCC5)c43)o2)cs1. The zero-order valence-electron chi connectivity index (χ0n) is 13.3. The monoisotopic (exact) mass is 337 g/mol. The van der Waals surface area contributed by atoms with Crippen LogP contribution in [0.25, 0.3) is 22.0 Å². The van der Waals surface area contributed by atoms with Gasteiger partial charge >= 0.3 is 0 Å². The lowest BCUT2D eigenvalue weighted by Gasteiger charge is -2.22. The van der Waals surface area contributed by atoms with Gasteiger partial charge in [-0.1, -0.05) is 0 Å². The second-order valence-electron chi connectivity index (χ2n) is 6.52. The fourth-order valence-corrected chi connectivity index (χ4v) is 4.45. The number of oxazole rings is 1. The fraction of sp³-hybridized carbons (Fsp3) is 0.316. The van der Waals surface area contributed by atoms with Crippen molar-refractivity contribution in [3.63, 3.8) is 0 Å². The van der Waals surface area contributed by atoms with E-state index in [2.05, 4.69) is 39.4 Å². The smallest absolute Gasteiger partial charge is 0.199 e. The number of hydrogen-bond donors (Lipinski definition) is 2. The fourth-order valence-electron chi connectivity index (χ4n) is 3.78. The predicted molar refractivity (Wildman–Crippen MR) is 97.8 cm³/mol. The van der Waals surface area contributed by atoms with Gasteiger partial charge in [-0.05, 0) is 71.9 Å².